The molecule has 18 heavy (non-hydrogen) atoms. The van der Waals surface area contributed by atoms with Gasteiger partial charge in [-0.05, 0) is 6.42 Å². The van der Waals surface area contributed by atoms with Crippen LogP contribution in [0.25, 0.3) is 0 Å². The summed E-state index contributed by atoms with van der Waals surface area (Å²) < 4.78 is 0. The molecule has 0 aliphatic heterocycles. The molecule has 1 aromatic rings. The maximum Gasteiger partial charge on any atom is 0.373 e. The Morgan fingerprint density at radius 1 is 1.22 bits per heavy atom. The molecule has 0 aliphatic rings. The van der Waals surface area contributed by atoms with Crippen LogP contribution in [0.15, 0.2) is 30.3 Å². The van der Waals surface area contributed by atoms with E-state index in [2.05, 4.69) is 22.9 Å². The Kier molecular flexibility index (Phi) is 10.1. The van der Waals surface area contributed by atoms with Gasteiger partial charge in [0.25, 0.3) is 0 Å². The Morgan fingerprint density at radius 2 is 1.78 bits per heavy atom. The molecule has 0 spiro atoms. The van der Waals surface area contributed by atoms with Crippen LogP contribution in [-0.4, -0.2) is 16.8 Å². The standard InChI is InChI=1S/C13H17BrO.CO2/c1-2-3-5-10-12(14)13(15)11-8-6-4-7-9-11;2-1-3/h4,6-9,12H,2-3,5,10H2,1H3;. The zero-order valence-electron chi connectivity index (χ0n) is 10.4. The lowest BCUT2D eigenvalue weighted by atomic mass is 10.0. The number of halogens is 1. The molecule has 1 unspecified atom stereocenters. The minimum Gasteiger partial charge on any atom is -0.293 e. The molecule has 0 fully saturated rings. The fourth-order valence-corrected chi connectivity index (χ4v) is 2.08. The highest BCUT2D eigenvalue weighted by Gasteiger charge is 2.15. The maximum absolute atomic E-state index is 11.9. The number of alkyl halides is 1. The summed E-state index contributed by atoms with van der Waals surface area (Å²) >= 11 is 3.46. The third-order valence-corrected chi connectivity index (χ3v) is 3.28. The largest absolute Gasteiger partial charge is 0.373 e. The molecule has 3 nitrogen and oxygen atoms in total. The van der Waals surface area contributed by atoms with Gasteiger partial charge in [0, 0.05) is 5.56 Å². The van der Waals surface area contributed by atoms with Gasteiger partial charge in [-0.15, -0.1) is 0 Å². The molecule has 0 aliphatic carbocycles. The van der Waals surface area contributed by atoms with Gasteiger partial charge in [-0.2, -0.15) is 9.59 Å². The first-order chi connectivity index (χ1) is 8.67. The summed E-state index contributed by atoms with van der Waals surface area (Å²) in [6, 6.07) is 9.47. The monoisotopic (exact) mass is 312 g/mol. The second-order valence-electron chi connectivity index (χ2n) is 3.78. The van der Waals surface area contributed by atoms with Gasteiger partial charge in [0.2, 0.25) is 0 Å². The average Bonchev–Trinajstić information content (AvgIpc) is 2.40. The first kappa shape index (κ1) is 16.8. The van der Waals surface area contributed by atoms with Crippen LogP contribution >= 0.6 is 15.9 Å². The van der Waals surface area contributed by atoms with Crippen molar-refractivity contribution in [1.29, 1.82) is 0 Å². The van der Waals surface area contributed by atoms with E-state index in [1.807, 2.05) is 30.3 Å². The van der Waals surface area contributed by atoms with Gasteiger partial charge in [-0.1, -0.05) is 72.4 Å². The van der Waals surface area contributed by atoms with E-state index in [1.54, 1.807) is 0 Å². The van der Waals surface area contributed by atoms with Crippen molar-refractivity contribution in [1.82, 2.24) is 0 Å². The van der Waals surface area contributed by atoms with Crippen LogP contribution in [0.3, 0.4) is 0 Å². The van der Waals surface area contributed by atoms with Crippen LogP contribution in [0.2, 0.25) is 0 Å². The van der Waals surface area contributed by atoms with Crippen LogP contribution in [0.4, 0.5) is 0 Å². The van der Waals surface area contributed by atoms with Crippen molar-refractivity contribution in [3.8, 4) is 0 Å². The lowest BCUT2D eigenvalue weighted by Crippen LogP contribution is -2.13. The molecule has 0 saturated carbocycles. The van der Waals surface area contributed by atoms with Crippen molar-refractivity contribution < 1.29 is 14.4 Å². The molecule has 0 saturated heterocycles. The number of carbonyl (C=O) groups excluding carboxylic acids is 3. The molecule has 0 bridgehead atoms. The number of ketones is 1. The minimum absolute atomic E-state index is 0.0218. The summed E-state index contributed by atoms with van der Waals surface area (Å²) in [6.07, 6.45) is 4.69. The van der Waals surface area contributed by atoms with Gasteiger partial charge in [-0.3, -0.25) is 4.79 Å². The first-order valence-corrected chi connectivity index (χ1v) is 6.81. The van der Waals surface area contributed by atoms with Crippen molar-refractivity contribution in [3.63, 3.8) is 0 Å². The van der Waals surface area contributed by atoms with Crippen molar-refractivity contribution >= 4 is 27.9 Å². The summed E-state index contributed by atoms with van der Waals surface area (Å²) in [6.45, 7) is 2.17. The zero-order valence-corrected chi connectivity index (χ0v) is 12.0. The van der Waals surface area contributed by atoms with E-state index in [9.17, 15) is 4.79 Å². The second-order valence-corrected chi connectivity index (χ2v) is 4.88. The smallest absolute Gasteiger partial charge is 0.293 e. The van der Waals surface area contributed by atoms with Gasteiger partial charge >= 0.3 is 6.15 Å². The van der Waals surface area contributed by atoms with Crippen LogP contribution < -0.4 is 0 Å². The molecule has 0 heterocycles. The third kappa shape index (κ3) is 7.15. The number of carbonyl (C=O) groups is 1. The third-order valence-electron chi connectivity index (χ3n) is 2.40. The normalized spacial score (nSPS) is 10.8. The van der Waals surface area contributed by atoms with E-state index < -0.39 is 0 Å². The fraction of sp³-hybridized carbons (Fsp3) is 0.429. The molecule has 0 aromatic heterocycles. The van der Waals surface area contributed by atoms with Crippen LogP contribution in [-0.2, 0) is 9.59 Å². The fourth-order valence-electron chi connectivity index (χ4n) is 1.49. The van der Waals surface area contributed by atoms with Crippen LogP contribution in [0.5, 0.6) is 0 Å². The summed E-state index contributed by atoms with van der Waals surface area (Å²) in [5.74, 6) is 0.201. The van der Waals surface area contributed by atoms with Crippen molar-refractivity contribution in [3.05, 3.63) is 35.9 Å². The van der Waals surface area contributed by atoms with Crippen molar-refractivity contribution in [2.45, 2.75) is 37.4 Å². The molecule has 1 aromatic carbocycles. The Bertz CT molecular complexity index is 370. The predicted molar refractivity (Wildman–Crippen MR) is 72.6 cm³/mol. The van der Waals surface area contributed by atoms with Gasteiger partial charge in [0.05, 0.1) is 4.83 Å². The summed E-state index contributed by atoms with van der Waals surface area (Å²) in [5, 5.41) is 0. The Balaban J connectivity index is 0.000000873. The predicted octanol–water partition coefficient (Wildman–Crippen LogP) is 3.63. The SMILES string of the molecule is CCCCCC(Br)C(=O)c1ccccc1.O=C=O. The summed E-state index contributed by atoms with van der Waals surface area (Å²) in [7, 11) is 0. The van der Waals surface area contributed by atoms with Gasteiger partial charge < -0.3 is 0 Å². The van der Waals surface area contributed by atoms with E-state index >= 15 is 0 Å². The highest BCUT2D eigenvalue weighted by Crippen LogP contribution is 2.16. The highest BCUT2D eigenvalue weighted by molar-refractivity contribution is 9.10. The molecule has 1 rings (SSSR count). The number of unbranched alkanes of at least 4 members (excludes halogenated alkanes) is 2. The average molecular weight is 313 g/mol. The van der Waals surface area contributed by atoms with E-state index in [4.69, 9.17) is 9.59 Å². The van der Waals surface area contributed by atoms with Crippen LogP contribution in [0.1, 0.15) is 43.0 Å². The summed E-state index contributed by atoms with van der Waals surface area (Å²) in [4.78, 5) is 28.1. The molecule has 98 valence electrons. The Morgan fingerprint density at radius 3 is 2.28 bits per heavy atom. The number of Topliss-reactive ketones (excluding diaryl/α,β-unsaturated/α-hetero) is 1. The highest BCUT2D eigenvalue weighted by atomic mass is 79.9. The minimum atomic E-state index is -0.0218. The van der Waals surface area contributed by atoms with Gasteiger partial charge in [0.15, 0.2) is 5.78 Å². The van der Waals surface area contributed by atoms with Crippen molar-refractivity contribution in [2.24, 2.45) is 0 Å². The van der Waals surface area contributed by atoms with E-state index in [0.29, 0.717) is 0 Å². The first-order valence-electron chi connectivity index (χ1n) is 5.90. The molecule has 0 amide bonds. The molecular weight excluding hydrogens is 296 g/mol. The number of hydrogen-bond donors (Lipinski definition) is 0. The summed E-state index contributed by atoms with van der Waals surface area (Å²) in [5.41, 5.74) is 0.802. The lowest BCUT2D eigenvalue weighted by molar-refractivity contribution is -0.191. The van der Waals surface area contributed by atoms with E-state index in [0.717, 1.165) is 18.4 Å². The lowest BCUT2D eigenvalue weighted by Gasteiger charge is -2.08. The number of hydrogen-bond acceptors (Lipinski definition) is 3. The number of benzene rings is 1. The second kappa shape index (κ2) is 10.9. The van der Waals surface area contributed by atoms with Crippen LogP contribution in [0, 0.1) is 0 Å². The molecule has 1 atom stereocenters. The topological polar surface area (TPSA) is 51.2 Å². The van der Waals surface area contributed by atoms with Crippen molar-refractivity contribution in [2.75, 3.05) is 0 Å². The van der Waals surface area contributed by atoms with Gasteiger partial charge in [0.1, 0.15) is 0 Å². The Hall–Kier alpha value is -1.25. The number of rotatable bonds is 6. The maximum atomic E-state index is 11.9. The molecule has 0 radical (unpaired) electrons. The molecular formula is C14H17BrO3. The van der Waals surface area contributed by atoms with E-state index in [1.165, 1.54) is 12.8 Å². The quantitative estimate of drug-likeness (QED) is 0.458. The Labute approximate surface area is 116 Å². The molecule has 4 heteroatoms. The van der Waals surface area contributed by atoms with E-state index in [-0.39, 0.29) is 16.8 Å². The zero-order chi connectivity index (χ0) is 13.8. The molecule has 0 N–H and O–H groups in total. The van der Waals surface area contributed by atoms with Gasteiger partial charge in [-0.25, -0.2) is 0 Å².